The Balaban J connectivity index is 1.97. The molecule has 1 saturated heterocycles. The number of hydrogen-bond acceptors (Lipinski definition) is 6. The number of nitrogens with zero attached hydrogens (tertiary/aromatic N) is 2. The zero-order valence-corrected chi connectivity index (χ0v) is 20.7. The largest absolute Gasteiger partial charge is 0.507 e. The van der Waals surface area contributed by atoms with Gasteiger partial charge in [-0.05, 0) is 41.8 Å². The Morgan fingerprint density at radius 2 is 1.71 bits per heavy atom. The zero-order chi connectivity index (χ0) is 25.3. The van der Waals surface area contributed by atoms with Crippen molar-refractivity contribution in [2.45, 2.75) is 19.5 Å². The van der Waals surface area contributed by atoms with E-state index in [1.54, 1.807) is 24.5 Å². The van der Waals surface area contributed by atoms with E-state index in [4.69, 9.17) is 32.7 Å². The van der Waals surface area contributed by atoms with Crippen molar-refractivity contribution in [2.24, 2.45) is 0 Å². The second-order valence-electron chi connectivity index (χ2n) is 7.93. The number of ether oxygens (including phenoxy) is 2. The molecule has 3 aromatic rings. The van der Waals surface area contributed by atoms with E-state index in [0.717, 1.165) is 11.1 Å². The summed E-state index contributed by atoms with van der Waals surface area (Å²) in [6.07, 6.45) is 3.22. The minimum Gasteiger partial charge on any atom is -0.507 e. The number of methoxy groups -OCH3 is 2. The summed E-state index contributed by atoms with van der Waals surface area (Å²) in [6.45, 7) is 2.02. The van der Waals surface area contributed by atoms with Crippen LogP contribution in [0, 0.1) is 6.92 Å². The van der Waals surface area contributed by atoms with E-state index >= 15 is 0 Å². The van der Waals surface area contributed by atoms with Crippen LogP contribution >= 0.6 is 23.2 Å². The van der Waals surface area contributed by atoms with Crippen LogP contribution in [-0.2, 0) is 16.1 Å². The third-order valence-corrected chi connectivity index (χ3v) is 6.54. The summed E-state index contributed by atoms with van der Waals surface area (Å²) < 4.78 is 10.7. The summed E-state index contributed by atoms with van der Waals surface area (Å²) in [5.74, 6) is -1.78. The molecule has 0 bridgehead atoms. The van der Waals surface area contributed by atoms with Crippen molar-refractivity contribution in [2.75, 3.05) is 14.2 Å². The number of carbonyl (C=O) groups excluding carboxylic acids is 2. The number of aryl methyl sites for hydroxylation is 1. The number of hydrogen-bond donors (Lipinski definition) is 1. The molecule has 1 fully saturated rings. The minimum absolute atomic E-state index is 0.0301. The predicted octanol–water partition coefficient (Wildman–Crippen LogP) is 5.34. The average Bonchev–Trinajstić information content (AvgIpc) is 3.09. The van der Waals surface area contributed by atoms with Crippen molar-refractivity contribution in [1.29, 1.82) is 0 Å². The highest BCUT2D eigenvalue weighted by Gasteiger charge is 2.47. The Labute approximate surface area is 212 Å². The Bertz CT molecular complexity index is 1340. The van der Waals surface area contributed by atoms with E-state index in [9.17, 15) is 14.7 Å². The summed E-state index contributed by atoms with van der Waals surface area (Å²) in [6, 6.07) is 11.4. The van der Waals surface area contributed by atoms with Gasteiger partial charge in [0.2, 0.25) is 0 Å². The molecule has 0 aliphatic carbocycles. The normalized spacial score (nSPS) is 17.1. The van der Waals surface area contributed by atoms with Gasteiger partial charge < -0.3 is 19.5 Å². The summed E-state index contributed by atoms with van der Waals surface area (Å²) in [5.41, 5.74) is 2.32. The third kappa shape index (κ3) is 4.33. The summed E-state index contributed by atoms with van der Waals surface area (Å²) >= 11 is 12.7. The second kappa shape index (κ2) is 9.98. The van der Waals surface area contributed by atoms with Gasteiger partial charge in [-0.3, -0.25) is 14.6 Å². The molecule has 1 aliphatic rings. The quantitative estimate of drug-likeness (QED) is 0.272. The van der Waals surface area contributed by atoms with Crippen LogP contribution < -0.4 is 9.47 Å². The van der Waals surface area contributed by atoms with E-state index in [-0.39, 0.29) is 39.2 Å². The lowest BCUT2D eigenvalue weighted by molar-refractivity contribution is -0.140. The van der Waals surface area contributed by atoms with E-state index in [0.29, 0.717) is 5.56 Å². The molecule has 7 nitrogen and oxygen atoms in total. The fourth-order valence-corrected chi connectivity index (χ4v) is 4.92. The lowest BCUT2D eigenvalue weighted by Crippen LogP contribution is -2.29. The SMILES string of the molecule is COc1c(Cl)cc(/C(O)=C2\C(=O)C(=O)N(Cc3ccncc3)C2c2ccccc2C)c(OC)c1Cl. The Hall–Kier alpha value is -3.55. The molecule has 1 N–H and O–H groups in total. The maximum Gasteiger partial charge on any atom is 0.295 e. The third-order valence-electron chi connectivity index (χ3n) is 5.92. The predicted molar refractivity (Wildman–Crippen MR) is 133 cm³/mol. The number of aromatic nitrogens is 1. The number of amides is 1. The maximum absolute atomic E-state index is 13.4. The molecule has 2 aromatic carbocycles. The molecule has 1 aliphatic heterocycles. The number of carbonyl (C=O) groups is 2. The number of rotatable bonds is 6. The van der Waals surface area contributed by atoms with Crippen molar-refractivity contribution >= 4 is 40.7 Å². The molecule has 180 valence electrons. The van der Waals surface area contributed by atoms with Crippen molar-refractivity contribution < 1.29 is 24.2 Å². The molecule has 1 amide bonds. The van der Waals surface area contributed by atoms with Gasteiger partial charge in [0.25, 0.3) is 11.7 Å². The molecular formula is C26H22Cl2N2O5. The number of halogens is 2. The van der Waals surface area contributed by atoms with E-state index < -0.39 is 23.5 Å². The Kier molecular flexibility index (Phi) is 7.00. The van der Waals surface area contributed by atoms with Crippen LogP contribution in [0.5, 0.6) is 11.5 Å². The molecule has 0 saturated carbocycles. The molecular weight excluding hydrogens is 491 g/mol. The molecule has 1 aromatic heterocycles. The van der Waals surface area contributed by atoms with Crippen molar-refractivity contribution in [3.05, 3.63) is 92.7 Å². The number of ketones is 1. The fourth-order valence-electron chi connectivity index (χ4n) is 4.24. The van der Waals surface area contributed by atoms with Gasteiger partial charge in [-0.15, -0.1) is 0 Å². The molecule has 0 spiro atoms. The van der Waals surface area contributed by atoms with Gasteiger partial charge in [0.1, 0.15) is 10.8 Å². The van der Waals surface area contributed by atoms with Crippen molar-refractivity contribution in [3.8, 4) is 11.5 Å². The smallest absolute Gasteiger partial charge is 0.295 e. The first-order valence-electron chi connectivity index (χ1n) is 10.6. The fraction of sp³-hybridized carbons (Fsp3) is 0.192. The second-order valence-corrected chi connectivity index (χ2v) is 8.71. The van der Waals surface area contributed by atoms with Gasteiger partial charge in [-0.2, -0.15) is 0 Å². The first kappa shape index (κ1) is 24.6. The van der Waals surface area contributed by atoms with Crippen LogP contribution in [0.2, 0.25) is 10.0 Å². The number of Topliss-reactive ketones (excluding diaryl/α,β-unsaturated/α-hetero) is 1. The van der Waals surface area contributed by atoms with Crippen LogP contribution in [0.4, 0.5) is 0 Å². The van der Waals surface area contributed by atoms with Crippen LogP contribution in [0.15, 0.2) is 60.4 Å². The highest BCUT2D eigenvalue weighted by molar-refractivity contribution is 6.47. The number of likely N-dealkylation sites (tertiary alicyclic amines) is 1. The molecule has 1 atom stereocenters. The molecule has 4 rings (SSSR count). The van der Waals surface area contributed by atoms with Crippen molar-refractivity contribution in [1.82, 2.24) is 9.88 Å². The lowest BCUT2D eigenvalue weighted by Gasteiger charge is -2.27. The average molecular weight is 513 g/mol. The Morgan fingerprint density at radius 1 is 1.06 bits per heavy atom. The van der Waals surface area contributed by atoms with Gasteiger partial charge in [-0.1, -0.05) is 47.5 Å². The summed E-state index contributed by atoms with van der Waals surface area (Å²) in [4.78, 5) is 32.1. The molecule has 2 heterocycles. The lowest BCUT2D eigenvalue weighted by atomic mass is 9.92. The number of benzene rings is 2. The van der Waals surface area contributed by atoms with Crippen molar-refractivity contribution in [3.63, 3.8) is 0 Å². The standard InChI is InChI=1S/C26H22Cl2N2O5/c1-14-6-4-5-7-16(14)21-19(23(32)26(33)30(21)13-15-8-10-29-11-9-15)22(31)17-12-18(27)25(35-3)20(28)24(17)34-2/h4-12,21,31H,13H2,1-3H3/b22-19+. The molecule has 1 unspecified atom stereocenters. The van der Waals surface area contributed by atoms with Gasteiger partial charge in [0.05, 0.1) is 36.4 Å². The van der Waals surface area contributed by atoms with E-state index in [1.807, 2.05) is 31.2 Å². The van der Waals surface area contributed by atoms with Gasteiger partial charge >= 0.3 is 0 Å². The number of pyridine rings is 1. The zero-order valence-electron chi connectivity index (χ0n) is 19.2. The number of aliphatic hydroxyl groups excluding tert-OH is 1. The van der Waals surface area contributed by atoms with Gasteiger partial charge in [0, 0.05) is 18.9 Å². The Morgan fingerprint density at radius 3 is 2.34 bits per heavy atom. The molecule has 35 heavy (non-hydrogen) atoms. The van der Waals surface area contributed by atoms with Crippen LogP contribution in [0.1, 0.15) is 28.3 Å². The first-order chi connectivity index (χ1) is 16.8. The molecule has 0 radical (unpaired) electrons. The van der Waals surface area contributed by atoms with Crippen LogP contribution in [-0.4, -0.2) is 40.9 Å². The first-order valence-corrected chi connectivity index (χ1v) is 11.4. The highest BCUT2D eigenvalue weighted by atomic mass is 35.5. The van der Waals surface area contributed by atoms with Gasteiger partial charge in [0.15, 0.2) is 11.5 Å². The van der Waals surface area contributed by atoms with E-state index in [1.165, 1.54) is 25.2 Å². The summed E-state index contributed by atoms with van der Waals surface area (Å²) in [5, 5.41) is 11.6. The monoisotopic (exact) mass is 512 g/mol. The number of aliphatic hydroxyl groups is 1. The van der Waals surface area contributed by atoms with Crippen LogP contribution in [0.3, 0.4) is 0 Å². The van der Waals surface area contributed by atoms with Crippen LogP contribution in [0.25, 0.3) is 5.76 Å². The highest BCUT2D eigenvalue weighted by Crippen LogP contribution is 2.47. The van der Waals surface area contributed by atoms with Gasteiger partial charge in [-0.25, -0.2) is 0 Å². The minimum atomic E-state index is -0.853. The van der Waals surface area contributed by atoms with E-state index in [2.05, 4.69) is 4.98 Å². The maximum atomic E-state index is 13.4. The summed E-state index contributed by atoms with van der Waals surface area (Å²) in [7, 11) is 2.76. The topological polar surface area (TPSA) is 89.0 Å². The molecule has 9 heteroatoms.